The van der Waals surface area contributed by atoms with Crippen molar-refractivity contribution in [3.05, 3.63) is 58.6 Å². The van der Waals surface area contributed by atoms with Crippen LogP contribution in [0.25, 0.3) is 10.2 Å². The van der Waals surface area contributed by atoms with E-state index in [1.54, 1.807) is 11.3 Å². The van der Waals surface area contributed by atoms with Crippen LogP contribution in [-0.2, 0) is 6.42 Å². The smallest absolute Gasteiger partial charge is 0.0939 e. The summed E-state index contributed by atoms with van der Waals surface area (Å²) in [5.41, 5.74) is 2.18. The molecule has 102 valence electrons. The van der Waals surface area contributed by atoms with Gasteiger partial charge in [-0.15, -0.1) is 11.3 Å². The molecule has 0 atom stereocenters. The lowest BCUT2D eigenvalue weighted by atomic mass is 10.3. The molecule has 0 saturated heterocycles. The number of fused-ring (bicyclic) bond motifs is 1. The fourth-order valence-corrected chi connectivity index (χ4v) is 3.24. The van der Waals surface area contributed by atoms with Crippen molar-refractivity contribution in [3.8, 4) is 0 Å². The molecule has 0 fully saturated rings. The summed E-state index contributed by atoms with van der Waals surface area (Å²) in [5, 5.41) is 5.34. The molecule has 1 N–H and O–H groups in total. The summed E-state index contributed by atoms with van der Waals surface area (Å²) in [4.78, 5) is 4.62. The molecule has 0 aliphatic heterocycles. The standard InChI is InChI=1S/C16H15ClN2S/c17-12-8-9-15-14(11-12)19-16(20-15)7-4-10-18-13-5-2-1-3-6-13/h1-3,5-6,8-9,11,18H,4,7,10H2. The highest BCUT2D eigenvalue weighted by molar-refractivity contribution is 7.18. The van der Waals surface area contributed by atoms with Crippen LogP contribution < -0.4 is 5.32 Å². The molecular weight excluding hydrogens is 288 g/mol. The van der Waals surface area contributed by atoms with Crippen molar-refractivity contribution in [1.29, 1.82) is 0 Å². The molecule has 0 aliphatic rings. The van der Waals surface area contributed by atoms with Crippen LogP contribution >= 0.6 is 22.9 Å². The first-order valence-corrected chi connectivity index (χ1v) is 7.84. The average Bonchev–Trinajstić information content (AvgIpc) is 2.86. The number of anilines is 1. The zero-order chi connectivity index (χ0) is 13.8. The molecule has 0 aliphatic carbocycles. The second kappa shape index (κ2) is 6.25. The van der Waals surface area contributed by atoms with Gasteiger partial charge in [0.05, 0.1) is 15.2 Å². The molecule has 3 rings (SSSR count). The van der Waals surface area contributed by atoms with E-state index >= 15 is 0 Å². The van der Waals surface area contributed by atoms with E-state index in [1.165, 1.54) is 15.4 Å². The van der Waals surface area contributed by atoms with Gasteiger partial charge in [0.25, 0.3) is 0 Å². The fourth-order valence-electron chi connectivity index (χ4n) is 2.08. The van der Waals surface area contributed by atoms with E-state index in [2.05, 4.69) is 22.4 Å². The Morgan fingerprint density at radius 2 is 1.95 bits per heavy atom. The van der Waals surface area contributed by atoms with Crippen molar-refractivity contribution in [3.63, 3.8) is 0 Å². The molecule has 0 radical (unpaired) electrons. The summed E-state index contributed by atoms with van der Waals surface area (Å²) < 4.78 is 1.21. The van der Waals surface area contributed by atoms with Gasteiger partial charge >= 0.3 is 0 Å². The SMILES string of the molecule is Clc1ccc2sc(CCCNc3ccccc3)nc2c1. The molecular formula is C16H15ClN2S. The molecule has 1 aromatic heterocycles. The van der Waals surface area contributed by atoms with E-state index in [9.17, 15) is 0 Å². The molecule has 0 spiro atoms. The van der Waals surface area contributed by atoms with E-state index in [1.807, 2.05) is 36.4 Å². The number of nitrogens with one attached hydrogen (secondary N) is 1. The van der Waals surface area contributed by atoms with E-state index in [4.69, 9.17) is 11.6 Å². The normalized spacial score (nSPS) is 10.8. The Morgan fingerprint density at radius 1 is 1.10 bits per heavy atom. The van der Waals surface area contributed by atoms with Gasteiger partial charge in [0.1, 0.15) is 0 Å². The third-order valence-electron chi connectivity index (χ3n) is 3.06. The van der Waals surface area contributed by atoms with Crippen LogP contribution in [0.4, 0.5) is 5.69 Å². The van der Waals surface area contributed by atoms with Gasteiger partial charge in [-0.05, 0) is 36.8 Å². The topological polar surface area (TPSA) is 24.9 Å². The number of aromatic nitrogens is 1. The van der Waals surface area contributed by atoms with Crippen LogP contribution in [0.2, 0.25) is 5.02 Å². The number of thiazole rings is 1. The molecule has 2 nitrogen and oxygen atoms in total. The molecule has 1 heterocycles. The van der Waals surface area contributed by atoms with Gasteiger partial charge in [-0.2, -0.15) is 0 Å². The van der Waals surface area contributed by atoms with Crippen LogP contribution in [-0.4, -0.2) is 11.5 Å². The molecule has 4 heteroatoms. The van der Waals surface area contributed by atoms with Crippen LogP contribution in [0.3, 0.4) is 0 Å². The molecule has 2 aromatic carbocycles. The van der Waals surface area contributed by atoms with E-state index in [-0.39, 0.29) is 0 Å². The number of aryl methyl sites for hydroxylation is 1. The van der Waals surface area contributed by atoms with Gasteiger partial charge in [0, 0.05) is 23.7 Å². The maximum absolute atomic E-state index is 5.98. The fraction of sp³-hybridized carbons (Fsp3) is 0.188. The maximum atomic E-state index is 5.98. The van der Waals surface area contributed by atoms with Crippen molar-refractivity contribution >= 4 is 38.8 Å². The lowest BCUT2D eigenvalue weighted by Crippen LogP contribution is -2.02. The minimum absolute atomic E-state index is 0.750. The van der Waals surface area contributed by atoms with E-state index < -0.39 is 0 Å². The quantitative estimate of drug-likeness (QED) is 0.671. The van der Waals surface area contributed by atoms with Gasteiger partial charge < -0.3 is 5.32 Å². The van der Waals surface area contributed by atoms with Crippen LogP contribution in [0, 0.1) is 0 Å². The molecule has 0 saturated carbocycles. The first-order chi connectivity index (χ1) is 9.81. The van der Waals surface area contributed by atoms with Crippen molar-refractivity contribution in [2.45, 2.75) is 12.8 Å². The van der Waals surface area contributed by atoms with Gasteiger partial charge in [-0.3, -0.25) is 0 Å². The number of halogens is 1. The predicted octanol–water partition coefficient (Wildman–Crippen LogP) is 4.99. The highest BCUT2D eigenvalue weighted by Crippen LogP contribution is 2.25. The molecule has 0 amide bonds. The molecule has 0 bridgehead atoms. The number of nitrogens with zero attached hydrogens (tertiary/aromatic N) is 1. The summed E-state index contributed by atoms with van der Waals surface area (Å²) in [6, 6.07) is 16.2. The van der Waals surface area contributed by atoms with Crippen LogP contribution in [0.15, 0.2) is 48.5 Å². The average molecular weight is 303 g/mol. The largest absolute Gasteiger partial charge is 0.385 e. The number of hydrogen-bond donors (Lipinski definition) is 1. The van der Waals surface area contributed by atoms with Crippen molar-refractivity contribution in [2.24, 2.45) is 0 Å². The second-order valence-electron chi connectivity index (χ2n) is 4.62. The van der Waals surface area contributed by atoms with Crippen LogP contribution in [0.5, 0.6) is 0 Å². The lowest BCUT2D eigenvalue weighted by molar-refractivity contribution is 0.857. The second-order valence-corrected chi connectivity index (χ2v) is 6.17. The van der Waals surface area contributed by atoms with E-state index in [0.717, 1.165) is 29.9 Å². The third-order valence-corrected chi connectivity index (χ3v) is 4.40. The summed E-state index contributed by atoms with van der Waals surface area (Å²) in [7, 11) is 0. The van der Waals surface area contributed by atoms with Gasteiger partial charge in [-0.25, -0.2) is 4.98 Å². The predicted molar refractivity (Wildman–Crippen MR) is 87.9 cm³/mol. The van der Waals surface area contributed by atoms with Crippen molar-refractivity contribution in [1.82, 2.24) is 4.98 Å². The zero-order valence-electron chi connectivity index (χ0n) is 11.0. The van der Waals surface area contributed by atoms with Crippen molar-refractivity contribution in [2.75, 3.05) is 11.9 Å². The number of hydrogen-bond acceptors (Lipinski definition) is 3. The Balaban J connectivity index is 1.55. The Labute approximate surface area is 127 Å². The van der Waals surface area contributed by atoms with Gasteiger partial charge in [0.15, 0.2) is 0 Å². The molecule has 0 unspecified atom stereocenters. The lowest BCUT2D eigenvalue weighted by Gasteiger charge is -2.04. The Bertz CT molecular complexity index is 694. The minimum Gasteiger partial charge on any atom is -0.385 e. The highest BCUT2D eigenvalue weighted by atomic mass is 35.5. The first kappa shape index (κ1) is 13.4. The number of benzene rings is 2. The summed E-state index contributed by atoms with van der Waals surface area (Å²) in [5.74, 6) is 0. The maximum Gasteiger partial charge on any atom is 0.0939 e. The minimum atomic E-state index is 0.750. The number of rotatable bonds is 5. The summed E-state index contributed by atoms with van der Waals surface area (Å²) in [6.45, 7) is 0.959. The van der Waals surface area contributed by atoms with Gasteiger partial charge in [-0.1, -0.05) is 29.8 Å². The first-order valence-electron chi connectivity index (χ1n) is 6.65. The monoisotopic (exact) mass is 302 g/mol. The Hall–Kier alpha value is -1.58. The zero-order valence-corrected chi connectivity index (χ0v) is 12.5. The van der Waals surface area contributed by atoms with E-state index in [0.29, 0.717) is 0 Å². The highest BCUT2D eigenvalue weighted by Gasteiger charge is 2.04. The van der Waals surface area contributed by atoms with Crippen LogP contribution in [0.1, 0.15) is 11.4 Å². The van der Waals surface area contributed by atoms with Crippen molar-refractivity contribution < 1.29 is 0 Å². The molecule has 3 aromatic rings. The number of para-hydroxylation sites is 1. The summed E-state index contributed by atoms with van der Waals surface area (Å²) >= 11 is 7.73. The summed E-state index contributed by atoms with van der Waals surface area (Å²) in [6.07, 6.45) is 2.07. The molecule has 20 heavy (non-hydrogen) atoms. The Kier molecular flexibility index (Phi) is 4.19. The van der Waals surface area contributed by atoms with Gasteiger partial charge in [0.2, 0.25) is 0 Å². The Morgan fingerprint density at radius 3 is 2.80 bits per heavy atom. The third kappa shape index (κ3) is 3.30.